The number of nitrogens with two attached hydrogens (primary N) is 1. The number of hydrogen-bond acceptors (Lipinski definition) is 6. The van der Waals surface area contributed by atoms with Gasteiger partial charge in [0.15, 0.2) is 5.76 Å². The highest BCUT2D eigenvalue weighted by molar-refractivity contribution is 7.46. The SMILES string of the molecule is Nc1c(-c2cc(Cc3ccc(Cc4cc(F)nc(F)c4)cc3)no2)ccc[n+]1COP(=O)(O)O. The summed E-state index contributed by atoms with van der Waals surface area (Å²) in [7, 11) is -4.65. The molecule has 0 aliphatic rings. The standard InChI is InChI=1S/C22H19F2N4O5P/c23-20-10-16(11-21(24)26-20)8-14-3-5-15(6-4-14)9-17-12-19(33-27-17)18-2-1-7-28(22(18)25)13-32-34(29,30)31/h1-7,10-12,25H,8-9,13H2,(H2,29,30,31)/p+1. The Hall–Kier alpha value is -3.50. The normalized spacial score (nSPS) is 11.6. The van der Waals surface area contributed by atoms with Crippen LogP contribution in [0, 0.1) is 11.9 Å². The highest BCUT2D eigenvalue weighted by Crippen LogP contribution is 2.35. The van der Waals surface area contributed by atoms with E-state index in [9.17, 15) is 13.3 Å². The molecule has 0 aliphatic carbocycles. The lowest BCUT2D eigenvalue weighted by Crippen LogP contribution is -2.38. The Kier molecular flexibility index (Phi) is 6.80. The second-order valence-electron chi connectivity index (χ2n) is 7.50. The molecule has 4 rings (SSSR count). The van der Waals surface area contributed by atoms with Gasteiger partial charge in [0.2, 0.25) is 18.6 Å². The first-order valence-corrected chi connectivity index (χ1v) is 11.5. The molecule has 4 aromatic rings. The zero-order chi connectivity index (χ0) is 24.3. The van der Waals surface area contributed by atoms with Crippen molar-refractivity contribution in [3.05, 3.63) is 95.1 Å². The van der Waals surface area contributed by atoms with Crippen molar-refractivity contribution < 1.29 is 36.7 Å². The first kappa shape index (κ1) is 23.7. The molecular weight excluding hydrogens is 469 g/mol. The molecule has 0 bridgehead atoms. The summed E-state index contributed by atoms with van der Waals surface area (Å²) in [6, 6.07) is 15.0. The Morgan fingerprint density at radius 1 is 1.00 bits per heavy atom. The van der Waals surface area contributed by atoms with Gasteiger partial charge in [-0.1, -0.05) is 29.4 Å². The van der Waals surface area contributed by atoms with Crippen LogP contribution in [0.25, 0.3) is 11.3 Å². The third-order valence-corrected chi connectivity index (χ3v) is 5.39. The summed E-state index contributed by atoms with van der Waals surface area (Å²) in [4.78, 5) is 20.9. The van der Waals surface area contributed by atoms with Gasteiger partial charge >= 0.3 is 7.82 Å². The molecule has 0 fully saturated rings. The Morgan fingerprint density at radius 3 is 2.29 bits per heavy atom. The fourth-order valence-electron chi connectivity index (χ4n) is 3.38. The molecule has 0 aliphatic heterocycles. The summed E-state index contributed by atoms with van der Waals surface area (Å²) < 4.78 is 48.7. The van der Waals surface area contributed by atoms with E-state index in [1.54, 1.807) is 18.2 Å². The Labute approximate surface area is 192 Å². The summed E-state index contributed by atoms with van der Waals surface area (Å²) in [6.07, 6.45) is 2.35. The first-order valence-electron chi connectivity index (χ1n) is 10.00. The van der Waals surface area contributed by atoms with Gasteiger partial charge in [-0.15, -0.1) is 0 Å². The van der Waals surface area contributed by atoms with Crippen molar-refractivity contribution in [3.63, 3.8) is 0 Å². The van der Waals surface area contributed by atoms with E-state index in [-0.39, 0.29) is 5.82 Å². The van der Waals surface area contributed by atoms with Crippen molar-refractivity contribution in [1.29, 1.82) is 0 Å². The van der Waals surface area contributed by atoms with E-state index in [4.69, 9.17) is 20.0 Å². The maximum absolute atomic E-state index is 13.3. The van der Waals surface area contributed by atoms with Crippen molar-refractivity contribution >= 4 is 13.6 Å². The van der Waals surface area contributed by atoms with Crippen molar-refractivity contribution in [1.82, 2.24) is 10.1 Å². The van der Waals surface area contributed by atoms with E-state index >= 15 is 0 Å². The summed E-state index contributed by atoms with van der Waals surface area (Å²) in [5, 5.41) is 4.07. The molecule has 3 heterocycles. The number of benzene rings is 1. The number of phosphoric acid groups is 1. The van der Waals surface area contributed by atoms with Gasteiger partial charge in [0.25, 0.3) is 5.82 Å². The second-order valence-corrected chi connectivity index (χ2v) is 8.74. The number of rotatable bonds is 8. The molecule has 9 nitrogen and oxygen atoms in total. The van der Waals surface area contributed by atoms with E-state index in [1.807, 2.05) is 24.3 Å². The molecular formula is C22H20F2N4O5P+. The largest absolute Gasteiger partial charge is 0.472 e. The number of halogens is 2. The zero-order valence-corrected chi connectivity index (χ0v) is 18.5. The fourth-order valence-corrected chi connectivity index (χ4v) is 3.65. The van der Waals surface area contributed by atoms with E-state index in [2.05, 4.69) is 14.7 Å². The van der Waals surface area contributed by atoms with Crippen molar-refractivity contribution in [3.8, 4) is 11.3 Å². The minimum Gasteiger partial charge on any atom is -0.356 e. The molecule has 4 N–H and O–H groups in total. The summed E-state index contributed by atoms with van der Waals surface area (Å²) in [5.41, 5.74) is 9.54. The average Bonchev–Trinajstić information content (AvgIpc) is 3.21. The van der Waals surface area contributed by atoms with Gasteiger partial charge < -0.3 is 14.3 Å². The molecule has 12 heteroatoms. The molecule has 0 saturated heterocycles. The molecule has 0 radical (unpaired) electrons. The maximum Gasteiger partial charge on any atom is 0.472 e. The van der Waals surface area contributed by atoms with E-state index in [0.717, 1.165) is 11.1 Å². The maximum atomic E-state index is 13.3. The predicted octanol–water partition coefficient (Wildman–Crippen LogP) is 3.13. The minimum absolute atomic E-state index is 0.187. The van der Waals surface area contributed by atoms with Gasteiger partial charge in [-0.3, -0.25) is 5.73 Å². The summed E-state index contributed by atoms with van der Waals surface area (Å²) in [6.45, 7) is -0.434. The number of hydrogen-bond donors (Lipinski definition) is 3. The molecule has 0 amide bonds. The molecule has 176 valence electrons. The van der Waals surface area contributed by atoms with Crippen LogP contribution in [-0.2, 0) is 28.7 Å². The number of anilines is 1. The molecule has 1 aromatic carbocycles. The van der Waals surface area contributed by atoms with E-state index < -0.39 is 26.4 Å². The van der Waals surface area contributed by atoms with Crippen LogP contribution in [-0.4, -0.2) is 19.9 Å². The topological polar surface area (TPSA) is 136 Å². The van der Waals surface area contributed by atoms with Gasteiger partial charge in [0, 0.05) is 12.5 Å². The third kappa shape index (κ3) is 6.09. The minimum atomic E-state index is -4.65. The Balaban J connectivity index is 1.44. The van der Waals surface area contributed by atoms with E-state index in [0.29, 0.717) is 35.4 Å². The van der Waals surface area contributed by atoms with Gasteiger partial charge in [-0.05, 0) is 47.4 Å². The lowest BCUT2D eigenvalue weighted by molar-refractivity contribution is -0.711. The van der Waals surface area contributed by atoms with Gasteiger partial charge in [-0.25, -0.2) is 13.7 Å². The highest BCUT2D eigenvalue weighted by Gasteiger charge is 2.20. The molecule has 0 spiro atoms. The van der Waals surface area contributed by atoms with Crippen molar-refractivity contribution in [2.75, 3.05) is 5.73 Å². The van der Waals surface area contributed by atoms with Crippen molar-refractivity contribution in [2.24, 2.45) is 0 Å². The van der Waals surface area contributed by atoms with Crippen LogP contribution in [0.2, 0.25) is 0 Å². The predicted molar refractivity (Wildman–Crippen MR) is 116 cm³/mol. The molecule has 34 heavy (non-hydrogen) atoms. The van der Waals surface area contributed by atoms with Crippen LogP contribution in [0.15, 0.2) is 65.3 Å². The van der Waals surface area contributed by atoms with Crippen LogP contribution in [0.5, 0.6) is 0 Å². The number of phosphoric ester groups is 1. The lowest BCUT2D eigenvalue weighted by Gasteiger charge is -2.07. The summed E-state index contributed by atoms with van der Waals surface area (Å²) >= 11 is 0. The average molecular weight is 489 g/mol. The smallest absolute Gasteiger partial charge is 0.356 e. The van der Waals surface area contributed by atoms with Crippen molar-refractivity contribution in [2.45, 2.75) is 19.6 Å². The van der Waals surface area contributed by atoms with Crippen LogP contribution in [0.3, 0.4) is 0 Å². The Morgan fingerprint density at radius 2 is 1.65 bits per heavy atom. The number of aromatic nitrogens is 3. The first-order chi connectivity index (χ1) is 16.2. The number of pyridine rings is 2. The van der Waals surface area contributed by atoms with Gasteiger partial charge in [0.05, 0.1) is 11.9 Å². The lowest BCUT2D eigenvalue weighted by atomic mass is 10.0. The summed E-state index contributed by atoms with van der Waals surface area (Å²) in [5.74, 6) is -1.14. The number of nitrogen functional groups attached to an aromatic ring is 1. The van der Waals surface area contributed by atoms with Crippen LogP contribution in [0.1, 0.15) is 22.4 Å². The van der Waals surface area contributed by atoms with Gasteiger partial charge in [-0.2, -0.15) is 13.8 Å². The van der Waals surface area contributed by atoms with Crippen LogP contribution in [0.4, 0.5) is 14.6 Å². The quantitative estimate of drug-likeness (QED) is 0.195. The third-order valence-electron chi connectivity index (χ3n) is 4.94. The second kappa shape index (κ2) is 9.78. The van der Waals surface area contributed by atoms with Crippen LogP contribution < -0.4 is 10.3 Å². The molecule has 0 unspecified atom stereocenters. The fraction of sp³-hybridized carbons (Fsp3) is 0.136. The highest BCUT2D eigenvalue weighted by atomic mass is 31.2. The van der Waals surface area contributed by atoms with Gasteiger partial charge in [0.1, 0.15) is 5.56 Å². The van der Waals surface area contributed by atoms with Crippen LogP contribution >= 0.6 is 7.82 Å². The number of nitrogens with zero attached hydrogens (tertiary/aromatic N) is 3. The van der Waals surface area contributed by atoms with E-state index in [1.165, 1.54) is 22.9 Å². The molecule has 3 aromatic heterocycles. The molecule has 0 atom stereocenters. The molecule has 0 saturated carbocycles. The zero-order valence-electron chi connectivity index (χ0n) is 17.6. The Bertz CT molecular complexity index is 1340. The monoisotopic (exact) mass is 489 g/mol.